The molecule has 0 aliphatic heterocycles. The summed E-state index contributed by atoms with van der Waals surface area (Å²) in [5, 5.41) is 6.61. The third-order valence-electron chi connectivity index (χ3n) is 3.61. The van der Waals surface area contributed by atoms with Gasteiger partial charge in [0, 0.05) is 17.8 Å². The number of anilines is 1. The summed E-state index contributed by atoms with van der Waals surface area (Å²) in [7, 11) is 0. The molecule has 1 fully saturated rings. The average molecular weight is 284 g/mol. The van der Waals surface area contributed by atoms with E-state index >= 15 is 0 Å². The quantitative estimate of drug-likeness (QED) is 0.807. The predicted octanol–water partition coefficient (Wildman–Crippen LogP) is 3.83. The molecule has 104 valence electrons. The van der Waals surface area contributed by atoms with Crippen LogP contribution in [-0.2, 0) is 0 Å². The van der Waals surface area contributed by atoms with Crippen LogP contribution in [0, 0.1) is 17.6 Å². The van der Waals surface area contributed by atoms with E-state index in [-0.39, 0.29) is 0 Å². The third-order valence-corrected chi connectivity index (χ3v) is 3.83. The highest BCUT2D eigenvalue weighted by Gasteiger charge is 2.21. The number of halogens is 2. The highest BCUT2D eigenvalue weighted by atomic mass is 32.1. The summed E-state index contributed by atoms with van der Waals surface area (Å²) < 4.78 is 25.9. The molecular formula is C14H18F2N2S. The maximum atomic E-state index is 13.1. The second kappa shape index (κ2) is 6.28. The van der Waals surface area contributed by atoms with Gasteiger partial charge >= 0.3 is 0 Å². The number of hydrogen-bond donors (Lipinski definition) is 2. The number of hydrogen-bond acceptors (Lipinski definition) is 1. The van der Waals surface area contributed by atoms with Crippen molar-refractivity contribution in [3.63, 3.8) is 0 Å². The van der Waals surface area contributed by atoms with Gasteiger partial charge in [0.1, 0.15) is 0 Å². The van der Waals surface area contributed by atoms with Crippen LogP contribution >= 0.6 is 12.2 Å². The zero-order valence-electron chi connectivity index (χ0n) is 10.9. The van der Waals surface area contributed by atoms with Crippen molar-refractivity contribution in [2.24, 2.45) is 5.92 Å². The summed E-state index contributed by atoms with van der Waals surface area (Å²) in [6.07, 6.45) is 4.77. The Kier molecular flexibility index (Phi) is 4.69. The smallest absolute Gasteiger partial charge is 0.171 e. The first-order valence-electron chi connectivity index (χ1n) is 6.59. The average Bonchev–Trinajstić information content (AvgIpc) is 2.37. The lowest BCUT2D eigenvalue weighted by molar-refractivity contribution is 0.309. The predicted molar refractivity (Wildman–Crippen MR) is 77.1 cm³/mol. The largest absolute Gasteiger partial charge is 0.359 e. The lowest BCUT2D eigenvalue weighted by atomic mass is 9.86. The second-order valence-corrected chi connectivity index (χ2v) is 5.50. The normalized spacial score (nSPS) is 22.9. The van der Waals surface area contributed by atoms with Gasteiger partial charge in [-0.05, 0) is 43.1 Å². The van der Waals surface area contributed by atoms with Crippen LogP contribution in [0.2, 0.25) is 0 Å². The molecular weight excluding hydrogens is 266 g/mol. The molecule has 1 saturated carbocycles. The first kappa shape index (κ1) is 14.2. The Bertz CT molecular complexity index is 465. The summed E-state index contributed by atoms with van der Waals surface area (Å²) in [5.41, 5.74) is 0.458. The van der Waals surface area contributed by atoms with Gasteiger partial charge in [-0.1, -0.05) is 19.8 Å². The fraction of sp³-hybridized carbons (Fsp3) is 0.500. The SMILES string of the molecule is C[C@@H]1CCCC[C@H]1NC(=S)Nc1ccc(F)c(F)c1. The van der Waals surface area contributed by atoms with Crippen LogP contribution in [-0.4, -0.2) is 11.2 Å². The molecule has 0 unspecified atom stereocenters. The van der Waals surface area contributed by atoms with Crippen LogP contribution < -0.4 is 10.6 Å². The van der Waals surface area contributed by atoms with Gasteiger partial charge in [-0.2, -0.15) is 0 Å². The zero-order chi connectivity index (χ0) is 13.8. The molecule has 2 N–H and O–H groups in total. The van der Waals surface area contributed by atoms with Crippen molar-refractivity contribution in [3.05, 3.63) is 29.8 Å². The van der Waals surface area contributed by atoms with Crippen molar-refractivity contribution >= 4 is 23.0 Å². The van der Waals surface area contributed by atoms with Crippen molar-refractivity contribution in [2.45, 2.75) is 38.6 Å². The molecule has 0 bridgehead atoms. The maximum Gasteiger partial charge on any atom is 0.171 e. The van der Waals surface area contributed by atoms with Crippen molar-refractivity contribution < 1.29 is 8.78 Å². The maximum absolute atomic E-state index is 13.1. The molecule has 2 atom stereocenters. The van der Waals surface area contributed by atoms with E-state index in [0.717, 1.165) is 18.6 Å². The van der Waals surface area contributed by atoms with E-state index in [9.17, 15) is 8.78 Å². The monoisotopic (exact) mass is 284 g/mol. The molecule has 5 heteroatoms. The molecule has 0 heterocycles. The fourth-order valence-electron chi connectivity index (χ4n) is 2.44. The second-order valence-electron chi connectivity index (χ2n) is 5.10. The molecule has 1 aromatic rings. The Morgan fingerprint density at radius 2 is 1.95 bits per heavy atom. The van der Waals surface area contributed by atoms with E-state index in [1.165, 1.54) is 25.3 Å². The minimum Gasteiger partial charge on any atom is -0.359 e. The van der Waals surface area contributed by atoms with Gasteiger partial charge in [0.05, 0.1) is 0 Å². The molecule has 1 aliphatic rings. The molecule has 0 aromatic heterocycles. The van der Waals surface area contributed by atoms with Gasteiger partial charge in [0.15, 0.2) is 16.7 Å². The molecule has 0 spiro atoms. The van der Waals surface area contributed by atoms with Crippen molar-refractivity contribution in [2.75, 3.05) is 5.32 Å². The number of benzene rings is 1. The molecule has 0 saturated heterocycles. The van der Waals surface area contributed by atoms with E-state index in [1.807, 2.05) is 0 Å². The fourth-order valence-corrected chi connectivity index (χ4v) is 2.71. The minimum absolute atomic E-state index is 0.360. The molecule has 2 rings (SSSR count). The summed E-state index contributed by atoms with van der Waals surface area (Å²) in [4.78, 5) is 0. The van der Waals surface area contributed by atoms with E-state index < -0.39 is 11.6 Å². The van der Waals surface area contributed by atoms with E-state index in [2.05, 4.69) is 17.6 Å². The Morgan fingerprint density at radius 3 is 2.63 bits per heavy atom. The molecule has 1 aliphatic carbocycles. The van der Waals surface area contributed by atoms with E-state index in [4.69, 9.17) is 12.2 Å². The lowest BCUT2D eigenvalue weighted by Gasteiger charge is -2.30. The topological polar surface area (TPSA) is 24.1 Å². The van der Waals surface area contributed by atoms with Crippen molar-refractivity contribution in [3.8, 4) is 0 Å². The zero-order valence-corrected chi connectivity index (χ0v) is 11.7. The highest BCUT2D eigenvalue weighted by molar-refractivity contribution is 7.80. The number of rotatable bonds is 2. The van der Waals surface area contributed by atoms with E-state index in [0.29, 0.717) is 22.8 Å². The van der Waals surface area contributed by atoms with Crippen LogP contribution in [0.5, 0.6) is 0 Å². The Balaban J connectivity index is 1.91. The van der Waals surface area contributed by atoms with Crippen molar-refractivity contribution in [1.82, 2.24) is 5.32 Å². The van der Waals surface area contributed by atoms with Gasteiger partial charge in [-0.25, -0.2) is 8.78 Å². The van der Waals surface area contributed by atoms with Crippen LogP contribution in [0.4, 0.5) is 14.5 Å². The van der Waals surface area contributed by atoms with Gasteiger partial charge in [-0.3, -0.25) is 0 Å². The van der Waals surface area contributed by atoms with Crippen LogP contribution in [0.3, 0.4) is 0 Å². The highest BCUT2D eigenvalue weighted by Crippen LogP contribution is 2.23. The Hall–Kier alpha value is -1.23. The summed E-state index contributed by atoms with van der Waals surface area (Å²) in [6, 6.07) is 4.02. The van der Waals surface area contributed by atoms with Gasteiger partial charge in [-0.15, -0.1) is 0 Å². The molecule has 2 nitrogen and oxygen atoms in total. The van der Waals surface area contributed by atoms with E-state index in [1.54, 1.807) is 0 Å². The van der Waals surface area contributed by atoms with Gasteiger partial charge in [0.25, 0.3) is 0 Å². The summed E-state index contributed by atoms with van der Waals surface area (Å²) in [6.45, 7) is 2.21. The van der Waals surface area contributed by atoms with Crippen LogP contribution in [0.25, 0.3) is 0 Å². The Morgan fingerprint density at radius 1 is 1.21 bits per heavy atom. The lowest BCUT2D eigenvalue weighted by Crippen LogP contribution is -2.43. The van der Waals surface area contributed by atoms with Gasteiger partial charge < -0.3 is 10.6 Å². The first-order valence-corrected chi connectivity index (χ1v) is 6.99. The standard InChI is InChI=1S/C14H18F2N2S/c1-9-4-2-3-5-13(9)18-14(19)17-10-6-7-11(15)12(16)8-10/h6-9,13H,2-5H2,1H3,(H2,17,18,19)/t9-,13-/m1/s1. The Labute approximate surface area is 117 Å². The first-order chi connectivity index (χ1) is 9.06. The molecule has 19 heavy (non-hydrogen) atoms. The summed E-state index contributed by atoms with van der Waals surface area (Å²) >= 11 is 5.21. The molecule has 1 aromatic carbocycles. The third kappa shape index (κ3) is 3.86. The van der Waals surface area contributed by atoms with Crippen LogP contribution in [0.1, 0.15) is 32.6 Å². The molecule has 0 amide bonds. The molecule has 0 radical (unpaired) electrons. The number of nitrogens with one attached hydrogen (secondary N) is 2. The summed E-state index contributed by atoms with van der Waals surface area (Å²) in [5.74, 6) is -1.15. The van der Waals surface area contributed by atoms with Gasteiger partial charge in [0.2, 0.25) is 0 Å². The van der Waals surface area contributed by atoms with Crippen molar-refractivity contribution in [1.29, 1.82) is 0 Å². The minimum atomic E-state index is -0.876. The van der Waals surface area contributed by atoms with Crippen LogP contribution in [0.15, 0.2) is 18.2 Å². The number of thiocarbonyl (C=S) groups is 1.